The quantitative estimate of drug-likeness (QED) is 0.908. The van der Waals surface area contributed by atoms with Gasteiger partial charge in [-0.2, -0.15) is 0 Å². The molecule has 1 N–H and O–H groups in total. The summed E-state index contributed by atoms with van der Waals surface area (Å²) in [5.74, 6) is 1.13. The molecule has 0 aliphatic carbocycles. The number of rotatable bonds is 5. The Labute approximate surface area is 117 Å². The Hall–Kier alpha value is -0.870. The lowest BCUT2D eigenvalue weighted by atomic mass is 10.3. The fraction of sp³-hybridized carbons (Fsp3) is 0.500. The second-order valence-electron chi connectivity index (χ2n) is 4.53. The zero-order valence-electron chi connectivity index (χ0n) is 11.2. The van der Waals surface area contributed by atoms with Crippen LogP contribution in [0.25, 0.3) is 11.0 Å². The van der Waals surface area contributed by atoms with E-state index in [-0.39, 0.29) is 6.04 Å². The van der Waals surface area contributed by atoms with Crippen LogP contribution in [0.4, 0.5) is 0 Å². The summed E-state index contributed by atoms with van der Waals surface area (Å²) in [5, 5.41) is 3.44. The first-order valence-corrected chi connectivity index (χ1v) is 7.35. The van der Waals surface area contributed by atoms with Gasteiger partial charge in [0.25, 0.3) is 0 Å². The van der Waals surface area contributed by atoms with Gasteiger partial charge in [-0.05, 0) is 38.1 Å². The molecule has 98 valence electrons. The Kier molecular flexibility index (Phi) is 4.40. The average Bonchev–Trinajstić information content (AvgIpc) is 2.68. The molecule has 1 aromatic carbocycles. The van der Waals surface area contributed by atoms with Gasteiger partial charge in [-0.15, -0.1) is 0 Å². The average molecular weight is 310 g/mol. The lowest BCUT2D eigenvalue weighted by Gasteiger charge is -2.14. The third-order valence-electron chi connectivity index (χ3n) is 3.08. The van der Waals surface area contributed by atoms with Crippen molar-refractivity contribution in [1.82, 2.24) is 14.9 Å². The summed E-state index contributed by atoms with van der Waals surface area (Å²) in [7, 11) is 0. The van der Waals surface area contributed by atoms with Crippen molar-refractivity contribution in [2.75, 3.05) is 6.54 Å². The van der Waals surface area contributed by atoms with Crippen molar-refractivity contribution in [2.24, 2.45) is 0 Å². The Morgan fingerprint density at radius 1 is 1.39 bits per heavy atom. The van der Waals surface area contributed by atoms with Crippen LogP contribution in [0.1, 0.15) is 39.1 Å². The van der Waals surface area contributed by atoms with Crippen LogP contribution in [0.2, 0.25) is 0 Å². The molecule has 2 rings (SSSR count). The molecule has 1 atom stereocenters. The number of fused-ring (bicyclic) bond motifs is 1. The summed E-state index contributed by atoms with van der Waals surface area (Å²) in [6.07, 6.45) is 1.12. The molecule has 2 aromatic rings. The van der Waals surface area contributed by atoms with E-state index in [1.807, 2.05) is 0 Å². The van der Waals surface area contributed by atoms with Crippen LogP contribution in [-0.2, 0) is 6.54 Å². The zero-order chi connectivity index (χ0) is 13.1. The van der Waals surface area contributed by atoms with Crippen LogP contribution in [-0.4, -0.2) is 16.1 Å². The highest BCUT2D eigenvalue weighted by Gasteiger charge is 2.15. The monoisotopic (exact) mass is 309 g/mol. The number of hydrogen-bond acceptors (Lipinski definition) is 2. The van der Waals surface area contributed by atoms with Gasteiger partial charge in [-0.3, -0.25) is 0 Å². The van der Waals surface area contributed by atoms with Crippen molar-refractivity contribution in [2.45, 2.75) is 39.8 Å². The maximum Gasteiger partial charge on any atom is 0.126 e. The highest BCUT2D eigenvalue weighted by molar-refractivity contribution is 9.10. The topological polar surface area (TPSA) is 29.9 Å². The Morgan fingerprint density at radius 2 is 2.17 bits per heavy atom. The first-order valence-electron chi connectivity index (χ1n) is 6.56. The van der Waals surface area contributed by atoms with E-state index in [4.69, 9.17) is 4.98 Å². The number of nitrogens with one attached hydrogen (secondary N) is 1. The van der Waals surface area contributed by atoms with Crippen molar-refractivity contribution in [3.8, 4) is 0 Å². The minimum absolute atomic E-state index is 0.285. The van der Waals surface area contributed by atoms with E-state index >= 15 is 0 Å². The smallest absolute Gasteiger partial charge is 0.126 e. The van der Waals surface area contributed by atoms with Crippen LogP contribution in [0, 0.1) is 0 Å². The first-order chi connectivity index (χ1) is 8.67. The molecule has 1 aromatic heterocycles. The third-order valence-corrected chi connectivity index (χ3v) is 3.58. The number of imidazole rings is 1. The van der Waals surface area contributed by atoms with Gasteiger partial charge in [0.15, 0.2) is 0 Å². The van der Waals surface area contributed by atoms with Crippen LogP contribution in [0.3, 0.4) is 0 Å². The lowest BCUT2D eigenvalue weighted by Crippen LogP contribution is -2.21. The number of halogens is 1. The van der Waals surface area contributed by atoms with Crippen molar-refractivity contribution in [1.29, 1.82) is 0 Å². The zero-order valence-corrected chi connectivity index (χ0v) is 12.8. The fourth-order valence-electron chi connectivity index (χ4n) is 2.31. The number of aryl methyl sites for hydroxylation is 1. The molecule has 0 saturated heterocycles. The van der Waals surface area contributed by atoms with Gasteiger partial charge < -0.3 is 9.88 Å². The van der Waals surface area contributed by atoms with Crippen LogP contribution in [0.15, 0.2) is 22.7 Å². The molecule has 3 nitrogen and oxygen atoms in total. The van der Waals surface area contributed by atoms with Gasteiger partial charge in [-0.25, -0.2) is 4.98 Å². The largest absolute Gasteiger partial charge is 0.327 e. The maximum atomic E-state index is 4.78. The van der Waals surface area contributed by atoms with Gasteiger partial charge >= 0.3 is 0 Å². The molecule has 1 heterocycles. The van der Waals surface area contributed by atoms with Gasteiger partial charge in [0.2, 0.25) is 0 Å². The molecule has 0 bridgehead atoms. The second-order valence-corrected chi connectivity index (χ2v) is 5.45. The molecule has 4 heteroatoms. The SMILES string of the molecule is CCCn1c(C(C)NCC)nc2cc(Br)ccc21. The fourth-order valence-corrected chi connectivity index (χ4v) is 2.66. The van der Waals surface area contributed by atoms with E-state index in [0.29, 0.717) is 0 Å². The van der Waals surface area contributed by atoms with E-state index in [1.165, 1.54) is 5.52 Å². The normalized spacial score (nSPS) is 13.1. The highest BCUT2D eigenvalue weighted by atomic mass is 79.9. The Morgan fingerprint density at radius 3 is 2.83 bits per heavy atom. The Bertz CT molecular complexity index is 533. The summed E-state index contributed by atoms with van der Waals surface area (Å²) in [4.78, 5) is 4.78. The Balaban J connectivity index is 2.53. The predicted octanol–water partition coefficient (Wildman–Crippen LogP) is 3.88. The minimum Gasteiger partial charge on any atom is -0.327 e. The molecule has 0 saturated carbocycles. The van der Waals surface area contributed by atoms with E-state index < -0.39 is 0 Å². The summed E-state index contributed by atoms with van der Waals surface area (Å²) >= 11 is 3.51. The van der Waals surface area contributed by atoms with Crippen molar-refractivity contribution in [3.63, 3.8) is 0 Å². The summed E-state index contributed by atoms with van der Waals surface area (Å²) in [5.41, 5.74) is 2.29. The molecule has 0 aliphatic rings. The molecule has 0 fully saturated rings. The lowest BCUT2D eigenvalue weighted by molar-refractivity contribution is 0.527. The second kappa shape index (κ2) is 5.85. The molecule has 0 spiro atoms. The summed E-state index contributed by atoms with van der Waals surface area (Å²) in [6, 6.07) is 6.60. The number of aromatic nitrogens is 2. The van der Waals surface area contributed by atoms with Gasteiger partial charge in [0.1, 0.15) is 5.82 Å². The molecular formula is C14H20BrN3. The van der Waals surface area contributed by atoms with Gasteiger partial charge in [0, 0.05) is 11.0 Å². The van der Waals surface area contributed by atoms with E-state index in [1.54, 1.807) is 0 Å². The molecule has 0 radical (unpaired) electrons. The van der Waals surface area contributed by atoms with E-state index in [2.05, 4.69) is 64.8 Å². The maximum absolute atomic E-state index is 4.78. The molecule has 0 amide bonds. The van der Waals surface area contributed by atoms with Gasteiger partial charge in [-0.1, -0.05) is 29.8 Å². The third kappa shape index (κ3) is 2.59. The van der Waals surface area contributed by atoms with Crippen LogP contribution in [0.5, 0.6) is 0 Å². The number of hydrogen-bond donors (Lipinski definition) is 1. The summed E-state index contributed by atoms with van der Waals surface area (Å²) in [6.45, 7) is 8.47. The van der Waals surface area contributed by atoms with Crippen LogP contribution >= 0.6 is 15.9 Å². The number of benzene rings is 1. The van der Waals surface area contributed by atoms with Gasteiger partial charge in [0.05, 0.1) is 17.1 Å². The summed E-state index contributed by atoms with van der Waals surface area (Å²) < 4.78 is 3.41. The highest BCUT2D eigenvalue weighted by Crippen LogP contribution is 2.24. The van der Waals surface area contributed by atoms with Crippen molar-refractivity contribution in [3.05, 3.63) is 28.5 Å². The minimum atomic E-state index is 0.285. The van der Waals surface area contributed by atoms with Crippen molar-refractivity contribution < 1.29 is 0 Å². The number of nitrogens with zero attached hydrogens (tertiary/aromatic N) is 2. The van der Waals surface area contributed by atoms with Crippen molar-refractivity contribution >= 4 is 27.0 Å². The standard InChI is InChI=1S/C14H20BrN3/c1-4-8-18-13-7-6-11(15)9-12(13)17-14(18)10(3)16-5-2/h6-7,9-10,16H,4-5,8H2,1-3H3. The first kappa shape index (κ1) is 13.6. The molecule has 18 heavy (non-hydrogen) atoms. The van der Waals surface area contributed by atoms with E-state index in [0.717, 1.165) is 35.3 Å². The molecular weight excluding hydrogens is 290 g/mol. The molecule has 1 unspecified atom stereocenters. The van der Waals surface area contributed by atoms with Crippen LogP contribution < -0.4 is 5.32 Å². The predicted molar refractivity (Wildman–Crippen MR) is 79.8 cm³/mol. The van der Waals surface area contributed by atoms with E-state index in [9.17, 15) is 0 Å². The molecule has 0 aliphatic heterocycles.